The third-order valence-electron chi connectivity index (χ3n) is 9.01. The molecule has 6 rings (SSSR count). The Balaban J connectivity index is 1.10. The van der Waals surface area contributed by atoms with E-state index in [0.29, 0.717) is 24.5 Å². The molecule has 0 N–H and O–H groups in total. The SMILES string of the molecule is CCS(=O)(=O)c1ccc2c(c1)N(C1CCN(CCCn3nc(-c4ccc(Br)cc4)c4c3CCN(C(C)=O)C4)CC1)C(=O)CO2. The second-order valence-electron chi connectivity index (χ2n) is 11.7. The third-order valence-corrected chi connectivity index (χ3v) is 11.3. The van der Waals surface area contributed by atoms with Gasteiger partial charge in [0.05, 0.1) is 22.0 Å². The molecule has 3 aromatic rings. The maximum absolute atomic E-state index is 13.0. The van der Waals surface area contributed by atoms with E-state index in [1.807, 2.05) is 17.0 Å². The van der Waals surface area contributed by atoms with Crippen LogP contribution in [0.1, 0.15) is 44.4 Å². The third kappa shape index (κ3) is 6.16. The van der Waals surface area contributed by atoms with E-state index in [4.69, 9.17) is 9.84 Å². The van der Waals surface area contributed by atoms with Crippen molar-refractivity contribution >= 4 is 43.3 Å². The first-order chi connectivity index (χ1) is 21.1. The Hall–Kier alpha value is -3.22. The van der Waals surface area contributed by atoms with Crippen LogP contribution in [0.25, 0.3) is 11.3 Å². The molecular weight excluding hydrogens is 646 g/mol. The summed E-state index contributed by atoms with van der Waals surface area (Å²) in [4.78, 5) is 31.5. The van der Waals surface area contributed by atoms with Gasteiger partial charge in [-0.3, -0.25) is 14.3 Å². The molecule has 0 radical (unpaired) electrons. The zero-order chi connectivity index (χ0) is 31.0. The van der Waals surface area contributed by atoms with E-state index in [9.17, 15) is 18.0 Å². The summed E-state index contributed by atoms with van der Waals surface area (Å²) in [5, 5.41) is 5.05. The summed E-state index contributed by atoms with van der Waals surface area (Å²) in [6.45, 7) is 7.92. The quantitative estimate of drug-likeness (QED) is 0.349. The summed E-state index contributed by atoms with van der Waals surface area (Å²) >= 11 is 3.52. The van der Waals surface area contributed by atoms with Crippen molar-refractivity contribution in [3.63, 3.8) is 0 Å². The van der Waals surface area contributed by atoms with E-state index in [1.54, 1.807) is 36.9 Å². The highest BCUT2D eigenvalue weighted by atomic mass is 79.9. The minimum Gasteiger partial charge on any atom is -0.482 e. The number of amides is 2. The molecule has 44 heavy (non-hydrogen) atoms. The molecule has 2 aromatic carbocycles. The lowest BCUT2D eigenvalue weighted by Crippen LogP contribution is -2.50. The molecule has 0 unspecified atom stereocenters. The highest BCUT2D eigenvalue weighted by Gasteiger charge is 2.35. The summed E-state index contributed by atoms with van der Waals surface area (Å²) in [6.07, 6.45) is 3.34. The summed E-state index contributed by atoms with van der Waals surface area (Å²) in [5.41, 5.74) is 4.91. The van der Waals surface area contributed by atoms with Crippen LogP contribution in [0, 0.1) is 0 Å². The first-order valence-corrected chi connectivity index (χ1v) is 17.7. The number of aryl methyl sites for hydroxylation is 1. The van der Waals surface area contributed by atoms with Crippen molar-refractivity contribution in [3.8, 4) is 17.0 Å². The molecule has 0 spiro atoms. The fourth-order valence-electron chi connectivity index (χ4n) is 6.54. The Kier molecular flexibility index (Phi) is 8.85. The van der Waals surface area contributed by atoms with Crippen molar-refractivity contribution in [2.45, 2.75) is 63.6 Å². The number of carbonyl (C=O) groups is 2. The highest BCUT2D eigenvalue weighted by Crippen LogP contribution is 2.38. The molecule has 4 heterocycles. The van der Waals surface area contributed by atoms with Crippen LogP contribution in [0.2, 0.25) is 0 Å². The van der Waals surface area contributed by atoms with Gasteiger partial charge in [-0.15, -0.1) is 0 Å². The van der Waals surface area contributed by atoms with E-state index < -0.39 is 9.84 Å². The van der Waals surface area contributed by atoms with Crippen LogP contribution in [0.15, 0.2) is 51.8 Å². The number of aromatic nitrogens is 2. The van der Waals surface area contributed by atoms with Gasteiger partial charge in [-0.1, -0.05) is 35.0 Å². The molecule has 12 heteroatoms. The number of piperidine rings is 1. The van der Waals surface area contributed by atoms with Gasteiger partial charge in [-0.05, 0) is 56.1 Å². The number of likely N-dealkylation sites (tertiary alicyclic amines) is 1. The predicted molar refractivity (Wildman–Crippen MR) is 171 cm³/mol. The Morgan fingerprint density at radius 3 is 2.52 bits per heavy atom. The molecule has 3 aliphatic rings. The lowest BCUT2D eigenvalue weighted by Gasteiger charge is -2.40. The molecule has 3 aliphatic heterocycles. The molecule has 1 saturated heterocycles. The first kappa shape index (κ1) is 30.8. The molecule has 0 saturated carbocycles. The van der Waals surface area contributed by atoms with Crippen LogP contribution < -0.4 is 9.64 Å². The number of nitrogens with zero attached hydrogens (tertiary/aromatic N) is 5. The number of hydrogen-bond donors (Lipinski definition) is 0. The maximum Gasteiger partial charge on any atom is 0.265 e. The van der Waals surface area contributed by atoms with Crippen molar-refractivity contribution in [1.82, 2.24) is 19.6 Å². The van der Waals surface area contributed by atoms with E-state index in [2.05, 4.69) is 37.6 Å². The lowest BCUT2D eigenvalue weighted by atomic mass is 10.0. The van der Waals surface area contributed by atoms with Crippen LogP contribution in [0.3, 0.4) is 0 Å². The fourth-order valence-corrected chi connectivity index (χ4v) is 7.70. The van der Waals surface area contributed by atoms with Gasteiger partial charge in [-0.2, -0.15) is 5.10 Å². The smallest absolute Gasteiger partial charge is 0.265 e. The second-order valence-corrected chi connectivity index (χ2v) is 14.9. The van der Waals surface area contributed by atoms with Crippen LogP contribution in [0.5, 0.6) is 5.75 Å². The van der Waals surface area contributed by atoms with Gasteiger partial charge >= 0.3 is 0 Å². The molecule has 0 atom stereocenters. The number of ether oxygens (including phenoxy) is 1. The van der Waals surface area contributed by atoms with Crippen molar-refractivity contribution in [3.05, 3.63) is 58.2 Å². The lowest BCUT2D eigenvalue weighted by molar-refractivity contribution is -0.129. The van der Waals surface area contributed by atoms with Gasteiger partial charge in [0.25, 0.3) is 5.91 Å². The Labute approximate surface area is 267 Å². The molecule has 0 aliphatic carbocycles. The van der Waals surface area contributed by atoms with Gasteiger partial charge < -0.3 is 19.4 Å². The van der Waals surface area contributed by atoms with Crippen LogP contribution in [0.4, 0.5) is 5.69 Å². The number of hydrogen-bond acceptors (Lipinski definition) is 7. The van der Waals surface area contributed by atoms with Crippen LogP contribution in [-0.4, -0.2) is 84.4 Å². The number of carbonyl (C=O) groups excluding carboxylic acids is 2. The molecule has 0 bridgehead atoms. The number of rotatable bonds is 8. The summed E-state index contributed by atoms with van der Waals surface area (Å²) in [7, 11) is -3.40. The van der Waals surface area contributed by atoms with Gasteiger partial charge in [0.1, 0.15) is 5.75 Å². The van der Waals surface area contributed by atoms with E-state index in [1.165, 1.54) is 5.69 Å². The van der Waals surface area contributed by atoms with Gasteiger partial charge in [0.15, 0.2) is 16.4 Å². The number of anilines is 1. The van der Waals surface area contributed by atoms with E-state index >= 15 is 0 Å². The zero-order valence-corrected chi connectivity index (χ0v) is 27.6. The van der Waals surface area contributed by atoms with E-state index in [-0.39, 0.29) is 35.1 Å². The number of sulfone groups is 1. The summed E-state index contributed by atoms with van der Waals surface area (Å²) < 4.78 is 33.9. The normalized spacial score (nSPS) is 17.8. The molecule has 1 aromatic heterocycles. The minimum absolute atomic E-state index is 0.00270. The first-order valence-electron chi connectivity index (χ1n) is 15.3. The monoisotopic (exact) mass is 683 g/mol. The van der Waals surface area contributed by atoms with Crippen LogP contribution >= 0.6 is 15.9 Å². The molecule has 2 amide bonds. The summed E-state index contributed by atoms with van der Waals surface area (Å²) in [6, 6.07) is 13.0. The standard InChI is InChI=1S/C32H38BrN5O5S/c1-3-44(41,42)26-9-10-30-29(19-26)38(31(40)21-43-30)25-11-16-35(17-12-25)14-4-15-37-28-13-18-36(22(2)39)20-27(28)32(34-37)23-5-7-24(33)8-6-23/h5-10,19,25H,3-4,11-18,20-21H2,1-2H3. The second kappa shape index (κ2) is 12.6. The minimum atomic E-state index is -3.40. The van der Waals surface area contributed by atoms with Crippen molar-refractivity contribution in [2.24, 2.45) is 0 Å². The largest absolute Gasteiger partial charge is 0.482 e. The Morgan fingerprint density at radius 2 is 1.82 bits per heavy atom. The zero-order valence-electron chi connectivity index (χ0n) is 25.2. The van der Waals surface area contributed by atoms with Crippen molar-refractivity contribution in [2.75, 3.05) is 43.4 Å². The van der Waals surface area contributed by atoms with Gasteiger partial charge in [0, 0.05) is 73.4 Å². The Bertz CT molecular complexity index is 1660. The number of fused-ring (bicyclic) bond motifs is 2. The van der Waals surface area contributed by atoms with Gasteiger partial charge in [0.2, 0.25) is 5.91 Å². The summed E-state index contributed by atoms with van der Waals surface area (Å²) in [5.74, 6) is 0.513. The van der Waals surface area contributed by atoms with E-state index in [0.717, 1.165) is 73.2 Å². The highest BCUT2D eigenvalue weighted by molar-refractivity contribution is 9.10. The van der Waals surface area contributed by atoms with Crippen molar-refractivity contribution < 1.29 is 22.7 Å². The topological polar surface area (TPSA) is 105 Å². The molecule has 1 fully saturated rings. The van der Waals surface area contributed by atoms with Gasteiger partial charge in [-0.25, -0.2) is 8.42 Å². The average molecular weight is 685 g/mol. The Morgan fingerprint density at radius 1 is 1.07 bits per heavy atom. The molecule has 234 valence electrons. The van der Waals surface area contributed by atoms with Crippen LogP contribution in [-0.2, 0) is 38.9 Å². The number of halogens is 1. The molecule has 10 nitrogen and oxygen atoms in total. The maximum atomic E-state index is 13.0. The number of benzene rings is 2. The van der Waals surface area contributed by atoms with Crippen molar-refractivity contribution in [1.29, 1.82) is 0 Å². The average Bonchev–Trinajstić information content (AvgIpc) is 3.39. The fraction of sp³-hybridized carbons (Fsp3) is 0.469. The molecular formula is C32H38BrN5O5S. The predicted octanol–water partition coefficient (Wildman–Crippen LogP) is 4.29.